The maximum absolute atomic E-state index is 12.4. The number of amides is 1. The zero-order valence-corrected chi connectivity index (χ0v) is 12.7. The van der Waals surface area contributed by atoms with Crippen molar-refractivity contribution >= 4 is 23.2 Å². The molecule has 2 aromatic rings. The van der Waals surface area contributed by atoms with E-state index in [0.717, 1.165) is 0 Å². The molecular formula is C15H17ClN2O2. The van der Waals surface area contributed by atoms with Crippen LogP contribution in [0.2, 0.25) is 5.02 Å². The molecule has 0 bridgehead atoms. The fourth-order valence-electron chi connectivity index (χ4n) is 1.91. The number of aromatic nitrogens is 1. The van der Waals surface area contributed by atoms with Crippen LogP contribution in [0.25, 0.3) is 0 Å². The molecule has 0 saturated heterocycles. The van der Waals surface area contributed by atoms with Crippen molar-refractivity contribution in [2.75, 3.05) is 5.32 Å². The van der Waals surface area contributed by atoms with Crippen molar-refractivity contribution in [3.8, 4) is 0 Å². The molecule has 4 nitrogen and oxygen atoms in total. The Morgan fingerprint density at radius 1 is 1.35 bits per heavy atom. The molecule has 5 heteroatoms. The number of halogens is 1. The van der Waals surface area contributed by atoms with Crippen molar-refractivity contribution in [1.82, 2.24) is 5.16 Å². The smallest absolute Gasteiger partial charge is 0.261 e. The first-order chi connectivity index (χ1) is 9.29. The van der Waals surface area contributed by atoms with Crippen molar-refractivity contribution in [2.45, 2.75) is 33.1 Å². The Hall–Kier alpha value is -1.81. The Bertz CT molecular complexity index is 642. The lowest BCUT2D eigenvalue weighted by atomic mass is 9.88. The van der Waals surface area contributed by atoms with E-state index in [9.17, 15) is 4.79 Å². The summed E-state index contributed by atoms with van der Waals surface area (Å²) in [7, 11) is 0. The number of hydrogen-bond acceptors (Lipinski definition) is 3. The Labute approximate surface area is 123 Å². The summed E-state index contributed by atoms with van der Waals surface area (Å²) in [6.07, 6.45) is 0. The predicted octanol–water partition coefficient (Wildman–Crippen LogP) is 4.19. The number of hydrogen-bond donors (Lipinski definition) is 1. The molecule has 0 radical (unpaired) electrons. The second-order valence-electron chi connectivity index (χ2n) is 5.68. The summed E-state index contributed by atoms with van der Waals surface area (Å²) in [6, 6.07) is 7.01. The van der Waals surface area contributed by atoms with Gasteiger partial charge in [-0.25, -0.2) is 0 Å². The highest BCUT2D eigenvalue weighted by atomic mass is 35.5. The number of benzene rings is 1. The number of nitrogens with zero attached hydrogens (tertiary/aromatic N) is 1. The zero-order valence-electron chi connectivity index (χ0n) is 12.0. The topological polar surface area (TPSA) is 55.1 Å². The van der Waals surface area contributed by atoms with E-state index in [1.54, 1.807) is 31.2 Å². The van der Waals surface area contributed by atoms with Crippen LogP contribution in [-0.4, -0.2) is 11.1 Å². The lowest BCUT2D eigenvalue weighted by molar-refractivity contribution is 0.102. The molecule has 1 heterocycles. The van der Waals surface area contributed by atoms with Crippen LogP contribution < -0.4 is 5.32 Å². The van der Waals surface area contributed by atoms with Gasteiger partial charge in [-0.15, -0.1) is 0 Å². The molecule has 0 unspecified atom stereocenters. The highest BCUT2D eigenvalue weighted by Gasteiger charge is 2.28. The van der Waals surface area contributed by atoms with Gasteiger partial charge >= 0.3 is 0 Å². The molecule has 0 spiro atoms. The summed E-state index contributed by atoms with van der Waals surface area (Å²) in [6.45, 7) is 7.69. The van der Waals surface area contributed by atoms with Crippen LogP contribution in [0.3, 0.4) is 0 Å². The SMILES string of the molecule is Cc1onc(C(C)(C)C)c1C(=O)Nc1cccc(Cl)c1. The molecule has 1 aromatic heterocycles. The summed E-state index contributed by atoms with van der Waals surface area (Å²) >= 11 is 5.91. The number of aryl methyl sites for hydroxylation is 1. The van der Waals surface area contributed by atoms with E-state index in [1.165, 1.54) is 0 Å². The van der Waals surface area contributed by atoms with Crippen LogP contribution in [0.1, 0.15) is 42.6 Å². The van der Waals surface area contributed by atoms with Crippen molar-refractivity contribution in [2.24, 2.45) is 0 Å². The predicted molar refractivity (Wildman–Crippen MR) is 79.3 cm³/mol. The van der Waals surface area contributed by atoms with Gasteiger partial charge < -0.3 is 9.84 Å². The standard InChI is InChI=1S/C15H17ClN2O2/c1-9-12(13(18-20-9)15(2,3)4)14(19)17-11-7-5-6-10(16)8-11/h5-8H,1-4H3,(H,17,19). The van der Waals surface area contributed by atoms with Crippen molar-refractivity contribution in [1.29, 1.82) is 0 Å². The van der Waals surface area contributed by atoms with E-state index in [0.29, 0.717) is 27.7 Å². The first-order valence-electron chi connectivity index (χ1n) is 6.32. The largest absolute Gasteiger partial charge is 0.361 e. The molecule has 0 atom stereocenters. The number of anilines is 1. The minimum absolute atomic E-state index is 0.240. The van der Waals surface area contributed by atoms with Gasteiger partial charge in [0.05, 0.1) is 0 Å². The lowest BCUT2D eigenvalue weighted by Gasteiger charge is -2.16. The van der Waals surface area contributed by atoms with E-state index in [2.05, 4.69) is 10.5 Å². The van der Waals surface area contributed by atoms with Gasteiger partial charge in [-0.1, -0.05) is 43.6 Å². The van der Waals surface area contributed by atoms with Crippen molar-refractivity contribution in [3.63, 3.8) is 0 Å². The highest BCUT2D eigenvalue weighted by Crippen LogP contribution is 2.27. The molecule has 1 aromatic carbocycles. The fourth-order valence-corrected chi connectivity index (χ4v) is 2.10. The second kappa shape index (κ2) is 5.29. The molecule has 0 aliphatic carbocycles. The van der Waals surface area contributed by atoms with Crippen LogP contribution in [0.4, 0.5) is 5.69 Å². The molecule has 0 aliphatic rings. The van der Waals surface area contributed by atoms with E-state index in [-0.39, 0.29) is 11.3 Å². The summed E-state index contributed by atoms with van der Waals surface area (Å²) in [5.41, 5.74) is 1.51. The van der Waals surface area contributed by atoms with Crippen LogP contribution in [-0.2, 0) is 5.41 Å². The van der Waals surface area contributed by atoms with Crippen LogP contribution in [0.15, 0.2) is 28.8 Å². The van der Waals surface area contributed by atoms with Gasteiger partial charge in [0.15, 0.2) is 0 Å². The Morgan fingerprint density at radius 3 is 2.65 bits per heavy atom. The van der Waals surface area contributed by atoms with Gasteiger partial charge in [-0.3, -0.25) is 4.79 Å². The minimum Gasteiger partial charge on any atom is -0.361 e. The van der Waals surface area contributed by atoms with E-state index < -0.39 is 0 Å². The van der Waals surface area contributed by atoms with Crippen LogP contribution >= 0.6 is 11.6 Å². The minimum atomic E-state index is -0.265. The number of nitrogens with one attached hydrogen (secondary N) is 1. The molecule has 2 rings (SSSR count). The first-order valence-corrected chi connectivity index (χ1v) is 6.70. The molecule has 0 aliphatic heterocycles. The fraction of sp³-hybridized carbons (Fsp3) is 0.333. The van der Waals surface area contributed by atoms with E-state index >= 15 is 0 Å². The van der Waals surface area contributed by atoms with Gasteiger partial charge in [-0.05, 0) is 25.1 Å². The van der Waals surface area contributed by atoms with Crippen LogP contribution in [0.5, 0.6) is 0 Å². The van der Waals surface area contributed by atoms with Crippen LogP contribution in [0, 0.1) is 6.92 Å². The average molecular weight is 293 g/mol. The molecule has 0 fully saturated rings. The highest BCUT2D eigenvalue weighted by molar-refractivity contribution is 6.31. The molecule has 0 saturated carbocycles. The molecule has 1 N–H and O–H groups in total. The Morgan fingerprint density at radius 2 is 2.05 bits per heavy atom. The molecule has 106 valence electrons. The number of rotatable bonds is 2. The van der Waals surface area contributed by atoms with Gasteiger partial charge in [0.2, 0.25) is 0 Å². The maximum atomic E-state index is 12.4. The third kappa shape index (κ3) is 3.02. The first kappa shape index (κ1) is 14.6. The summed E-state index contributed by atoms with van der Waals surface area (Å²) < 4.78 is 5.17. The quantitative estimate of drug-likeness (QED) is 0.903. The number of carbonyl (C=O) groups excluding carboxylic acids is 1. The van der Waals surface area contributed by atoms with E-state index in [4.69, 9.17) is 16.1 Å². The van der Waals surface area contributed by atoms with Crippen molar-refractivity contribution < 1.29 is 9.32 Å². The Kier molecular flexibility index (Phi) is 3.86. The summed E-state index contributed by atoms with van der Waals surface area (Å²) in [4.78, 5) is 12.4. The molecule has 1 amide bonds. The normalized spacial score (nSPS) is 11.4. The summed E-state index contributed by atoms with van der Waals surface area (Å²) in [5, 5.41) is 7.39. The number of carbonyl (C=O) groups is 1. The molecule has 20 heavy (non-hydrogen) atoms. The Balaban J connectivity index is 2.33. The zero-order chi connectivity index (χ0) is 14.9. The third-order valence-corrected chi connectivity index (χ3v) is 3.12. The maximum Gasteiger partial charge on any atom is 0.261 e. The lowest BCUT2D eigenvalue weighted by Crippen LogP contribution is -2.21. The molecular weight excluding hydrogens is 276 g/mol. The summed E-state index contributed by atoms with van der Waals surface area (Å²) in [5.74, 6) is 0.269. The van der Waals surface area contributed by atoms with Gasteiger partial charge in [0.25, 0.3) is 5.91 Å². The van der Waals surface area contributed by atoms with Gasteiger partial charge in [0, 0.05) is 16.1 Å². The second-order valence-corrected chi connectivity index (χ2v) is 6.11. The van der Waals surface area contributed by atoms with E-state index in [1.807, 2.05) is 20.8 Å². The van der Waals surface area contributed by atoms with Crippen molar-refractivity contribution in [3.05, 3.63) is 46.3 Å². The average Bonchev–Trinajstić information content (AvgIpc) is 2.71. The van der Waals surface area contributed by atoms with Gasteiger partial charge in [0.1, 0.15) is 17.0 Å². The third-order valence-electron chi connectivity index (χ3n) is 2.88. The van der Waals surface area contributed by atoms with Gasteiger partial charge in [-0.2, -0.15) is 0 Å². The monoisotopic (exact) mass is 292 g/mol.